The number of nitrogens with two attached hydrogens (primary N) is 2. The normalized spacial score (nSPS) is 14.5. The summed E-state index contributed by atoms with van der Waals surface area (Å²) in [5.74, 6) is -6.13. The van der Waals surface area contributed by atoms with Crippen LogP contribution < -0.4 is 27.4 Å². The summed E-state index contributed by atoms with van der Waals surface area (Å²) in [5, 5.41) is 24.9. The minimum absolute atomic E-state index is 0.123. The highest BCUT2D eigenvalue weighted by Gasteiger charge is 2.32. The Morgan fingerprint density at radius 3 is 1.88 bits per heavy atom. The highest BCUT2D eigenvalue weighted by atomic mass is 32.2. The number of carbonyl (C=O) groups excluding carboxylic acids is 4. The van der Waals surface area contributed by atoms with E-state index in [4.69, 9.17) is 21.7 Å². The predicted octanol–water partition coefficient (Wildman–Crippen LogP) is -2.39. The molecule has 0 aromatic heterocycles. The van der Waals surface area contributed by atoms with Gasteiger partial charge in [-0.1, -0.05) is 13.8 Å². The van der Waals surface area contributed by atoms with Gasteiger partial charge in [0.25, 0.3) is 0 Å². The van der Waals surface area contributed by atoms with Crippen molar-refractivity contribution in [1.29, 1.82) is 0 Å². The van der Waals surface area contributed by atoms with E-state index in [9.17, 15) is 28.8 Å². The summed E-state index contributed by atoms with van der Waals surface area (Å²) in [4.78, 5) is 70.6. The van der Waals surface area contributed by atoms with Crippen molar-refractivity contribution >= 4 is 47.3 Å². The van der Waals surface area contributed by atoms with Crippen molar-refractivity contribution < 1.29 is 39.0 Å². The van der Waals surface area contributed by atoms with E-state index in [1.807, 2.05) is 0 Å². The van der Waals surface area contributed by atoms with Crippen LogP contribution in [0.15, 0.2) is 0 Å². The molecule has 0 aliphatic rings. The number of aliphatic carboxylic acids is 2. The molecule has 13 nitrogen and oxygen atoms in total. The first kappa shape index (κ1) is 29.1. The van der Waals surface area contributed by atoms with Gasteiger partial charge in [0.15, 0.2) is 0 Å². The van der Waals surface area contributed by atoms with Crippen LogP contribution in [0.4, 0.5) is 0 Å². The third-order valence-corrected chi connectivity index (χ3v) is 4.89. The zero-order chi connectivity index (χ0) is 25.0. The number of carboxylic acids is 2. The van der Waals surface area contributed by atoms with Gasteiger partial charge in [0.1, 0.15) is 18.1 Å². The van der Waals surface area contributed by atoms with E-state index < -0.39 is 78.5 Å². The first-order chi connectivity index (χ1) is 14.8. The molecule has 182 valence electrons. The first-order valence-electron chi connectivity index (χ1n) is 9.68. The molecule has 4 unspecified atom stereocenters. The van der Waals surface area contributed by atoms with E-state index in [2.05, 4.69) is 16.0 Å². The summed E-state index contributed by atoms with van der Waals surface area (Å²) >= 11 is 1.37. The smallest absolute Gasteiger partial charge is 0.326 e. The van der Waals surface area contributed by atoms with Crippen LogP contribution in [0.25, 0.3) is 0 Å². The van der Waals surface area contributed by atoms with Crippen LogP contribution in [0.3, 0.4) is 0 Å². The SMILES string of the molecule is CSCCC(NC(=O)C(NC(=O)C(N)CC(N)=O)C(C)C)C(=O)NC(CC(=O)O)C(=O)O. The maximum Gasteiger partial charge on any atom is 0.326 e. The monoisotopic (exact) mass is 477 g/mol. The molecule has 14 heteroatoms. The van der Waals surface area contributed by atoms with Gasteiger partial charge in [-0.25, -0.2) is 4.79 Å². The third kappa shape index (κ3) is 10.9. The minimum atomic E-state index is -1.68. The Labute approximate surface area is 189 Å². The van der Waals surface area contributed by atoms with Gasteiger partial charge in [-0.15, -0.1) is 0 Å². The quantitative estimate of drug-likeness (QED) is 0.132. The van der Waals surface area contributed by atoms with Crippen molar-refractivity contribution in [3.05, 3.63) is 0 Å². The number of carbonyl (C=O) groups is 6. The van der Waals surface area contributed by atoms with Gasteiger partial charge >= 0.3 is 11.9 Å². The molecule has 0 rings (SSSR count). The molecular formula is C18H31N5O8S. The average molecular weight is 478 g/mol. The van der Waals surface area contributed by atoms with Crippen LogP contribution in [0, 0.1) is 5.92 Å². The minimum Gasteiger partial charge on any atom is -0.481 e. The first-order valence-corrected chi connectivity index (χ1v) is 11.1. The maximum absolute atomic E-state index is 12.8. The van der Waals surface area contributed by atoms with Crippen LogP contribution >= 0.6 is 11.8 Å². The van der Waals surface area contributed by atoms with Gasteiger partial charge in [0.05, 0.1) is 18.9 Å². The number of primary amides is 1. The molecule has 0 bridgehead atoms. The van der Waals surface area contributed by atoms with Crippen molar-refractivity contribution in [3.63, 3.8) is 0 Å². The lowest BCUT2D eigenvalue weighted by atomic mass is 10.0. The van der Waals surface area contributed by atoms with Gasteiger partial charge in [0, 0.05) is 0 Å². The summed E-state index contributed by atoms with van der Waals surface area (Å²) in [6, 6.07) is -5.23. The number of rotatable bonds is 15. The van der Waals surface area contributed by atoms with Crippen LogP contribution in [0.5, 0.6) is 0 Å². The topological polar surface area (TPSA) is 231 Å². The zero-order valence-electron chi connectivity index (χ0n) is 18.1. The maximum atomic E-state index is 12.8. The molecule has 0 fully saturated rings. The number of amides is 4. The summed E-state index contributed by atoms with van der Waals surface area (Å²) in [6.45, 7) is 3.27. The second-order valence-electron chi connectivity index (χ2n) is 7.35. The molecule has 0 aromatic rings. The molecule has 0 aromatic carbocycles. The number of hydrogen-bond donors (Lipinski definition) is 7. The summed E-state index contributed by atoms with van der Waals surface area (Å²) in [7, 11) is 0. The molecule has 0 radical (unpaired) electrons. The summed E-state index contributed by atoms with van der Waals surface area (Å²) in [5.41, 5.74) is 10.6. The number of hydrogen-bond acceptors (Lipinski definition) is 8. The second-order valence-corrected chi connectivity index (χ2v) is 8.33. The molecule has 4 amide bonds. The lowest BCUT2D eigenvalue weighted by Gasteiger charge is -2.26. The second kappa shape index (κ2) is 14.2. The average Bonchev–Trinajstić information content (AvgIpc) is 2.66. The van der Waals surface area contributed by atoms with Crippen molar-refractivity contribution in [3.8, 4) is 0 Å². The van der Waals surface area contributed by atoms with E-state index >= 15 is 0 Å². The Hall–Kier alpha value is -2.87. The van der Waals surface area contributed by atoms with E-state index in [1.165, 1.54) is 11.8 Å². The van der Waals surface area contributed by atoms with Crippen molar-refractivity contribution in [2.45, 2.75) is 57.3 Å². The zero-order valence-corrected chi connectivity index (χ0v) is 18.9. The number of thioether (sulfide) groups is 1. The van der Waals surface area contributed by atoms with Gasteiger partial charge in [-0.2, -0.15) is 11.8 Å². The molecule has 0 aliphatic carbocycles. The predicted molar refractivity (Wildman–Crippen MR) is 115 cm³/mol. The van der Waals surface area contributed by atoms with Crippen LogP contribution in [0.1, 0.15) is 33.1 Å². The molecule has 0 aliphatic heterocycles. The molecule has 32 heavy (non-hydrogen) atoms. The fraction of sp³-hybridized carbons (Fsp3) is 0.667. The van der Waals surface area contributed by atoms with Crippen LogP contribution in [-0.2, 0) is 28.8 Å². The van der Waals surface area contributed by atoms with Gasteiger partial charge in [-0.05, 0) is 24.3 Å². The number of carboxylic acid groups (broad SMARTS) is 2. The highest BCUT2D eigenvalue weighted by molar-refractivity contribution is 7.98. The van der Waals surface area contributed by atoms with Crippen molar-refractivity contribution in [2.75, 3.05) is 12.0 Å². The molecule has 9 N–H and O–H groups in total. The van der Waals surface area contributed by atoms with Crippen LogP contribution in [-0.4, -0.2) is 82.0 Å². The Bertz CT molecular complexity index is 717. The molecular weight excluding hydrogens is 446 g/mol. The van der Waals surface area contributed by atoms with Crippen molar-refractivity contribution in [1.82, 2.24) is 16.0 Å². The Kier molecular flexibility index (Phi) is 13.0. The van der Waals surface area contributed by atoms with E-state index in [0.29, 0.717) is 5.75 Å². The van der Waals surface area contributed by atoms with Crippen molar-refractivity contribution in [2.24, 2.45) is 17.4 Å². The third-order valence-electron chi connectivity index (χ3n) is 4.24. The Morgan fingerprint density at radius 1 is 0.875 bits per heavy atom. The molecule has 4 atom stereocenters. The number of nitrogens with one attached hydrogen (secondary N) is 3. The molecule has 0 spiro atoms. The Balaban J connectivity index is 5.41. The Morgan fingerprint density at radius 2 is 1.44 bits per heavy atom. The standard InChI is InChI=1S/C18H31N5O8S/c1-8(2)14(23-15(27)9(19)6-12(20)24)17(29)21-10(4-5-32-3)16(28)22-11(18(30)31)7-13(25)26/h8-11,14H,4-7,19H2,1-3H3,(H2,20,24)(H,21,29)(H,22,28)(H,23,27)(H,25,26)(H,30,31). The van der Waals surface area contributed by atoms with E-state index in [0.717, 1.165) is 0 Å². The van der Waals surface area contributed by atoms with Gasteiger partial charge in [-0.3, -0.25) is 24.0 Å². The molecule has 0 saturated carbocycles. The lowest BCUT2D eigenvalue weighted by molar-refractivity contribution is -0.147. The molecule has 0 saturated heterocycles. The highest BCUT2D eigenvalue weighted by Crippen LogP contribution is 2.07. The summed E-state index contributed by atoms with van der Waals surface area (Å²) in [6.07, 6.45) is 0.626. The fourth-order valence-corrected chi connectivity index (χ4v) is 2.99. The lowest BCUT2D eigenvalue weighted by Crippen LogP contribution is -2.58. The van der Waals surface area contributed by atoms with Gasteiger partial charge < -0.3 is 37.6 Å². The van der Waals surface area contributed by atoms with Crippen LogP contribution in [0.2, 0.25) is 0 Å². The largest absolute Gasteiger partial charge is 0.481 e. The molecule has 0 heterocycles. The summed E-state index contributed by atoms with van der Waals surface area (Å²) < 4.78 is 0. The van der Waals surface area contributed by atoms with E-state index in [1.54, 1.807) is 20.1 Å². The fourth-order valence-electron chi connectivity index (χ4n) is 2.52. The van der Waals surface area contributed by atoms with Gasteiger partial charge in [0.2, 0.25) is 23.6 Å². The van der Waals surface area contributed by atoms with E-state index in [-0.39, 0.29) is 6.42 Å².